The molecular weight excluding hydrogens is 225 g/mol. The zero-order chi connectivity index (χ0) is 12.8. The topological polar surface area (TPSA) is 69.6 Å². The lowest BCUT2D eigenvalue weighted by atomic mass is 10.1. The number of rotatable bonds is 6. The summed E-state index contributed by atoms with van der Waals surface area (Å²) in [5.41, 5.74) is 0.883. The number of carboxylic acid groups (broad SMARTS) is 1. The number of aliphatic carboxylic acids is 1. The standard InChI is InChI=1S/C12H16FNO3/c1-8(9-2-4-10(13)5-3-9)14-7-11(15)6-12(16)17/h2-5,8,11,14-15H,6-7H2,1H3,(H,16,17). The molecule has 5 heteroatoms. The van der Waals surface area contributed by atoms with Gasteiger partial charge in [-0.05, 0) is 24.6 Å². The van der Waals surface area contributed by atoms with Crippen LogP contribution < -0.4 is 5.32 Å². The van der Waals surface area contributed by atoms with Gasteiger partial charge in [0.25, 0.3) is 0 Å². The summed E-state index contributed by atoms with van der Waals surface area (Å²) < 4.78 is 12.7. The molecular formula is C12H16FNO3. The van der Waals surface area contributed by atoms with Crippen molar-refractivity contribution >= 4 is 5.97 Å². The number of carbonyl (C=O) groups is 1. The first-order valence-corrected chi connectivity index (χ1v) is 5.37. The lowest BCUT2D eigenvalue weighted by molar-refractivity contribution is -0.139. The molecule has 0 spiro atoms. The van der Waals surface area contributed by atoms with Gasteiger partial charge in [0.15, 0.2) is 0 Å². The fourth-order valence-electron chi connectivity index (χ4n) is 1.46. The molecule has 4 nitrogen and oxygen atoms in total. The SMILES string of the molecule is CC(NCC(O)CC(=O)O)c1ccc(F)cc1. The van der Waals surface area contributed by atoms with Crippen LogP contribution in [-0.2, 0) is 4.79 Å². The molecule has 0 amide bonds. The second-order valence-corrected chi connectivity index (χ2v) is 3.93. The average molecular weight is 241 g/mol. The van der Waals surface area contributed by atoms with Gasteiger partial charge in [-0.3, -0.25) is 4.79 Å². The average Bonchev–Trinajstić information content (AvgIpc) is 2.26. The van der Waals surface area contributed by atoms with Crippen LogP contribution in [0, 0.1) is 5.82 Å². The molecule has 0 aliphatic carbocycles. The highest BCUT2D eigenvalue weighted by atomic mass is 19.1. The summed E-state index contributed by atoms with van der Waals surface area (Å²) in [6.07, 6.45) is -1.21. The Bertz CT molecular complexity index is 367. The largest absolute Gasteiger partial charge is 0.481 e. The van der Waals surface area contributed by atoms with Crippen LogP contribution >= 0.6 is 0 Å². The number of halogens is 1. The van der Waals surface area contributed by atoms with Crippen LogP contribution in [0.3, 0.4) is 0 Å². The highest BCUT2D eigenvalue weighted by Gasteiger charge is 2.11. The second-order valence-electron chi connectivity index (χ2n) is 3.93. The van der Waals surface area contributed by atoms with Crippen molar-refractivity contribution in [3.8, 4) is 0 Å². The maximum absolute atomic E-state index is 12.7. The van der Waals surface area contributed by atoms with Gasteiger partial charge in [-0.15, -0.1) is 0 Å². The summed E-state index contributed by atoms with van der Waals surface area (Å²) in [6, 6.07) is 5.95. The summed E-state index contributed by atoms with van der Waals surface area (Å²) in [7, 11) is 0. The van der Waals surface area contributed by atoms with Gasteiger partial charge in [-0.2, -0.15) is 0 Å². The van der Waals surface area contributed by atoms with Crippen LogP contribution in [-0.4, -0.2) is 28.8 Å². The van der Waals surface area contributed by atoms with Gasteiger partial charge in [0.05, 0.1) is 12.5 Å². The van der Waals surface area contributed by atoms with Crippen molar-refractivity contribution in [2.45, 2.75) is 25.5 Å². The Labute approximate surface area is 99.1 Å². The van der Waals surface area contributed by atoms with Crippen LogP contribution in [0.5, 0.6) is 0 Å². The predicted octanol–water partition coefficient (Wildman–Crippen LogP) is 1.31. The summed E-state index contributed by atoms with van der Waals surface area (Å²) in [6.45, 7) is 2.05. The van der Waals surface area contributed by atoms with Gasteiger partial charge in [-0.1, -0.05) is 12.1 Å². The van der Waals surface area contributed by atoms with Gasteiger partial charge in [-0.25, -0.2) is 4.39 Å². The van der Waals surface area contributed by atoms with Gasteiger partial charge < -0.3 is 15.5 Å². The van der Waals surface area contributed by atoms with Gasteiger partial charge in [0.2, 0.25) is 0 Å². The van der Waals surface area contributed by atoms with E-state index in [-0.39, 0.29) is 24.8 Å². The van der Waals surface area contributed by atoms with Gasteiger partial charge in [0.1, 0.15) is 5.82 Å². The number of hydrogen-bond acceptors (Lipinski definition) is 3. The van der Waals surface area contributed by atoms with Crippen molar-refractivity contribution in [1.29, 1.82) is 0 Å². The van der Waals surface area contributed by atoms with Crippen LogP contribution in [0.15, 0.2) is 24.3 Å². The van der Waals surface area contributed by atoms with Crippen molar-refractivity contribution in [2.75, 3.05) is 6.54 Å². The number of nitrogens with one attached hydrogen (secondary N) is 1. The lowest BCUT2D eigenvalue weighted by Gasteiger charge is -2.16. The number of benzene rings is 1. The quantitative estimate of drug-likeness (QED) is 0.702. The summed E-state index contributed by atoms with van der Waals surface area (Å²) in [5.74, 6) is -1.33. The molecule has 0 bridgehead atoms. The van der Waals surface area contributed by atoms with E-state index in [2.05, 4.69) is 5.32 Å². The molecule has 1 aromatic carbocycles. The zero-order valence-electron chi connectivity index (χ0n) is 9.56. The monoisotopic (exact) mass is 241 g/mol. The van der Waals surface area contributed by atoms with E-state index >= 15 is 0 Å². The fourth-order valence-corrected chi connectivity index (χ4v) is 1.46. The highest BCUT2D eigenvalue weighted by molar-refractivity contribution is 5.67. The third-order valence-electron chi connectivity index (χ3n) is 2.44. The van der Waals surface area contributed by atoms with Crippen LogP contribution in [0.25, 0.3) is 0 Å². The minimum absolute atomic E-state index is 0.0703. The maximum Gasteiger partial charge on any atom is 0.306 e. The Balaban J connectivity index is 2.41. The third kappa shape index (κ3) is 4.93. The first kappa shape index (κ1) is 13.6. The normalized spacial score (nSPS) is 14.3. The van der Waals surface area contributed by atoms with Crippen molar-refractivity contribution < 1.29 is 19.4 Å². The molecule has 0 saturated carbocycles. The van der Waals surface area contributed by atoms with Crippen molar-refractivity contribution in [2.24, 2.45) is 0 Å². The Morgan fingerprint density at radius 3 is 2.53 bits per heavy atom. The van der Waals surface area contributed by atoms with E-state index in [1.165, 1.54) is 12.1 Å². The molecule has 0 aliphatic heterocycles. The minimum Gasteiger partial charge on any atom is -0.481 e. The molecule has 1 rings (SSSR count). The van der Waals surface area contributed by atoms with Crippen LogP contribution in [0.4, 0.5) is 4.39 Å². The molecule has 1 aromatic rings. The molecule has 0 saturated heterocycles. The number of hydrogen-bond donors (Lipinski definition) is 3. The predicted molar refractivity (Wildman–Crippen MR) is 61.1 cm³/mol. The second kappa shape index (κ2) is 6.32. The van der Waals surface area contributed by atoms with E-state index in [9.17, 15) is 14.3 Å². The molecule has 0 aromatic heterocycles. The summed E-state index contributed by atoms with van der Waals surface area (Å²) in [4.78, 5) is 10.3. The molecule has 0 fully saturated rings. The van der Waals surface area contributed by atoms with Crippen LogP contribution in [0.2, 0.25) is 0 Å². The first-order chi connectivity index (χ1) is 7.99. The number of aliphatic hydroxyl groups is 1. The minimum atomic E-state index is -1.03. The number of aliphatic hydroxyl groups excluding tert-OH is 1. The molecule has 0 radical (unpaired) electrons. The third-order valence-corrected chi connectivity index (χ3v) is 2.44. The number of carboxylic acids is 1. The molecule has 0 heterocycles. The van der Waals surface area contributed by atoms with E-state index in [0.29, 0.717) is 0 Å². The van der Waals surface area contributed by atoms with E-state index in [1.54, 1.807) is 12.1 Å². The molecule has 17 heavy (non-hydrogen) atoms. The lowest BCUT2D eigenvalue weighted by Crippen LogP contribution is -2.30. The summed E-state index contributed by atoms with van der Waals surface area (Å²) in [5, 5.41) is 20.8. The van der Waals surface area contributed by atoms with Crippen molar-refractivity contribution in [1.82, 2.24) is 5.32 Å². The van der Waals surface area contributed by atoms with E-state index in [0.717, 1.165) is 5.56 Å². The Kier molecular flexibility index (Phi) is 5.06. The van der Waals surface area contributed by atoms with Gasteiger partial charge >= 0.3 is 5.97 Å². The Hall–Kier alpha value is -1.46. The molecule has 2 unspecified atom stereocenters. The first-order valence-electron chi connectivity index (χ1n) is 5.37. The molecule has 94 valence electrons. The molecule has 3 N–H and O–H groups in total. The summed E-state index contributed by atoms with van der Waals surface area (Å²) >= 11 is 0. The van der Waals surface area contributed by atoms with Crippen LogP contribution in [0.1, 0.15) is 24.9 Å². The van der Waals surface area contributed by atoms with E-state index in [4.69, 9.17) is 5.11 Å². The van der Waals surface area contributed by atoms with E-state index < -0.39 is 12.1 Å². The molecule has 0 aliphatic rings. The maximum atomic E-state index is 12.7. The van der Waals surface area contributed by atoms with Crippen molar-refractivity contribution in [3.05, 3.63) is 35.6 Å². The Morgan fingerprint density at radius 1 is 1.41 bits per heavy atom. The fraction of sp³-hybridized carbons (Fsp3) is 0.417. The zero-order valence-corrected chi connectivity index (χ0v) is 9.56. The van der Waals surface area contributed by atoms with Gasteiger partial charge in [0, 0.05) is 12.6 Å². The highest BCUT2D eigenvalue weighted by Crippen LogP contribution is 2.12. The van der Waals surface area contributed by atoms with E-state index in [1.807, 2.05) is 6.92 Å². The van der Waals surface area contributed by atoms with Crippen molar-refractivity contribution in [3.63, 3.8) is 0 Å². The Morgan fingerprint density at radius 2 is 2.00 bits per heavy atom. The smallest absolute Gasteiger partial charge is 0.306 e. The molecule has 2 atom stereocenters.